The van der Waals surface area contributed by atoms with E-state index in [9.17, 15) is 4.79 Å². The van der Waals surface area contributed by atoms with Crippen molar-refractivity contribution < 1.29 is 9.53 Å². The van der Waals surface area contributed by atoms with E-state index in [0.717, 1.165) is 25.2 Å². The molecule has 1 saturated heterocycles. The van der Waals surface area contributed by atoms with Gasteiger partial charge < -0.3 is 4.74 Å². The monoisotopic (exact) mass is 237 g/mol. The Hall–Kier alpha value is -1.23. The molecule has 0 saturated carbocycles. The van der Waals surface area contributed by atoms with Gasteiger partial charge >= 0.3 is 0 Å². The Balaban J connectivity index is 2.00. The van der Waals surface area contributed by atoms with Gasteiger partial charge in [-0.25, -0.2) is 9.67 Å². The Labute approximate surface area is 101 Å². The fourth-order valence-corrected chi connectivity index (χ4v) is 2.27. The smallest absolute Gasteiger partial charge is 0.146 e. The molecule has 94 valence electrons. The summed E-state index contributed by atoms with van der Waals surface area (Å²) in [6.07, 6.45) is 3.77. The van der Waals surface area contributed by atoms with Crippen molar-refractivity contribution in [2.75, 3.05) is 6.61 Å². The van der Waals surface area contributed by atoms with Crippen LogP contribution in [0.25, 0.3) is 0 Å². The second-order valence-corrected chi connectivity index (χ2v) is 4.51. The molecular formula is C12H19N3O2. The largest absolute Gasteiger partial charge is 0.378 e. The summed E-state index contributed by atoms with van der Waals surface area (Å²) in [6.45, 7) is 5.56. The Bertz CT molecular complexity index is 389. The highest BCUT2D eigenvalue weighted by atomic mass is 16.5. The van der Waals surface area contributed by atoms with Crippen molar-refractivity contribution in [3.63, 3.8) is 0 Å². The molecule has 2 unspecified atom stereocenters. The van der Waals surface area contributed by atoms with Crippen molar-refractivity contribution in [2.24, 2.45) is 5.92 Å². The lowest BCUT2D eigenvalue weighted by molar-refractivity contribution is -0.123. The van der Waals surface area contributed by atoms with Crippen molar-refractivity contribution in [3.05, 3.63) is 12.2 Å². The van der Waals surface area contributed by atoms with Gasteiger partial charge in [0.25, 0.3) is 0 Å². The lowest BCUT2D eigenvalue weighted by Crippen LogP contribution is -2.24. The van der Waals surface area contributed by atoms with Crippen LogP contribution in [-0.2, 0) is 22.5 Å². The third kappa shape index (κ3) is 2.72. The van der Waals surface area contributed by atoms with E-state index in [0.29, 0.717) is 13.0 Å². The third-order valence-corrected chi connectivity index (χ3v) is 3.25. The quantitative estimate of drug-likeness (QED) is 0.772. The van der Waals surface area contributed by atoms with Crippen molar-refractivity contribution in [1.29, 1.82) is 0 Å². The maximum absolute atomic E-state index is 12.1. The van der Waals surface area contributed by atoms with Crippen LogP contribution in [0.5, 0.6) is 0 Å². The number of hydrogen-bond donors (Lipinski definition) is 0. The zero-order chi connectivity index (χ0) is 12.3. The fraction of sp³-hybridized carbons (Fsp3) is 0.750. The van der Waals surface area contributed by atoms with Gasteiger partial charge in [-0.1, -0.05) is 6.92 Å². The molecule has 0 amide bonds. The number of aryl methyl sites for hydroxylation is 1. The van der Waals surface area contributed by atoms with Crippen molar-refractivity contribution in [2.45, 2.75) is 45.8 Å². The highest BCUT2D eigenvalue weighted by Crippen LogP contribution is 2.22. The van der Waals surface area contributed by atoms with Crippen LogP contribution >= 0.6 is 0 Å². The Kier molecular flexibility index (Phi) is 3.89. The van der Waals surface area contributed by atoms with E-state index in [1.54, 1.807) is 0 Å². The van der Waals surface area contributed by atoms with E-state index in [4.69, 9.17) is 4.74 Å². The SMILES string of the molecule is CCCn1ncnc1CC(=O)C1CCOC1C. The van der Waals surface area contributed by atoms with Gasteiger partial charge in [0.2, 0.25) is 0 Å². The van der Waals surface area contributed by atoms with Crippen LogP contribution in [0.15, 0.2) is 6.33 Å². The minimum atomic E-state index is 0.0294. The van der Waals surface area contributed by atoms with Crippen molar-refractivity contribution in [1.82, 2.24) is 14.8 Å². The third-order valence-electron chi connectivity index (χ3n) is 3.25. The number of carbonyl (C=O) groups excluding carboxylic acids is 1. The molecule has 0 bridgehead atoms. The van der Waals surface area contributed by atoms with Crippen LogP contribution in [-0.4, -0.2) is 33.3 Å². The van der Waals surface area contributed by atoms with Crippen molar-refractivity contribution >= 4 is 5.78 Å². The molecule has 0 N–H and O–H groups in total. The zero-order valence-electron chi connectivity index (χ0n) is 10.4. The van der Waals surface area contributed by atoms with Crippen LogP contribution in [0.3, 0.4) is 0 Å². The number of carbonyl (C=O) groups is 1. The Morgan fingerprint density at radius 3 is 3.12 bits per heavy atom. The van der Waals surface area contributed by atoms with Crippen LogP contribution in [0, 0.1) is 5.92 Å². The lowest BCUT2D eigenvalue weighted by atomic mass is 9.95. The number of rotatable bonds is 5. The first-order valence-electron chi connectivity index (χ1n) is 6.23. The molecule has 2 rings (SSSR count). The molecule has 5 nitrogen and oxygen atoms in total. The van der Waals surface area contributed by atoms with Crippen LogP contribution in [0.4, 0.5) is 0 Å². The molecule has 17 heavy (non-hydrogen) atoms. The van der Waals surface area contributed by atoms with Crippen molar-refractivity contribution in [3.8, 4) is 0 Å². The highest BCUT2D eigenvalue weighted by Gasteiger charge is 2.31. The minimum absolute atomic E-state index is 0.0294. The molecule has 1 aliphatic rings. The maximum atomic E-state index is 12.1. The summed E-state index contributed by atoms with van der Waals surface area (Å²) >= 11 is 0. The molecule has 5 heteroatoms. The van der Waals surface area contributed by atoms with Gasteiger partial charge in [0.05, 0.1) is 12.5 Å². The highest BCUT2D eigenvalue weighted by molar-refractivity contribution is 5.83. The molecule has 0 aliphatic carbocycles. The first-order chi connectivity index (χ1) is 8.22. The van der Waals surface area contributed by atoms with Gasteiger partial charge in [-0.05, 0) is 19.8 Å². The number of hydrogen-bond acceptors (Lipinski definition) is 4. The second-order valence-electron chi connectivity index (χ2n) is 4.51. The molecule has 1 aromatic rings. The molecular weight excluding hydrogens is 218 g/mol. The molecule has 2 atom stereocenters. The normalized spacial score (nSPS) is 24.1. The van der Waals surface area contributed by atoms with Gasteiger partial charge in [-0.15, -0.1) is 0 Å². The second kappa shape index (κ2) is 5.40. The molecule has 0 aromatic carbocycles. The van der Waals surface area contributed by atoms with E-state index in [1.165, 1.54) is 6.33 Å². The molecule has 1 aliphatic heterocycles. The van der Waals surface area contributed by atoms with Gasteiger partial charge in [-0.3, -0.25) is 4.79 Å². The molecule has 1 fully saturated rings. The van der Waals surface area contributed by atoms with Crippen LogP contribution < -0.4 is 0 Å². The topological polar surface area (TPSA) is 57.0 Å². The molecule has 0 spiro atoms. The first-order valence-corrected chi connectivity index (χ1v) is 6.23. The van der Waals surface area contributed by atoms with E-state index in [-0.39, 0.29) is 17.8 Å². The standard InChI is InChI=1S/C12H19N3O2/c1-3-5-15-12(13-8-14-15)7-11(16)10-4-6-17-9(10)2/h8-10H,3-7H2,1-2H3. The van der Waals surface area contributed by atoms with E-state index in [2.05, 4.69) is 17.0 Å². The number of ether oxygens (including phenoxy) is 1. The van der Waals surface area contributed by atoms with Gasteiger partial charge in [-0.2, -0.15) is 5.10 Å². The average Bonchev–Trinajstić information content (AvgIpc) is 2.89. The fourth-order valence-electron chi connectivity index (χ4n) is 2.27. The summed E-state index contributed by atoms with van der Waals surface area (Å²) in [7, 11) is 0. The van der Waals surface area contributed by atoms with Gasteiger partial charge in [0, 0.05) is 19.1 Å². The molecule has 0 radical (unpaired) electrons. The lowest BCUT2D eigenvalue weighted by Gasteiger charge is -2.12. The summed E-state index contributed by atoms with van der Waals surface area (Å²) in [4.78, 5) is 16.3. The van der Waals surface area contributed by atoms with Crippen LogP contribution in [0.2, 0.25) is 0 Å². The summed E-state index contributed by atoms with van der Waals surface area (Å²) in [5, 5.41) is 4.13. The summed E-state index contributed by atoms with van der Waals surface area (Å²) in [5.74, 6) is 1.03. The molecule has 1 aromatic heterocycles. The minimum Gasteiger partial charge on any atom is -0.378 e. The zero-order valence-corrected chi connectivity index (χ0v) is 10.4. The van der Waals surface area contributed by atoms with Gasteiger partial charge in [0.1, 0.15) is 17.9 Å². The first kappa shape index (κ1) is 12.2. The number of ketones is 1. The van der Waals surface area contributed by atoms with Crippen LogP contribution in [0.1, 0.15) is 32.5 Å². The Morgan fingerprint density at radius 1 is 1.65 bits per heavy atom. The predicted octanol–water partition coefficient (Wildman–Crippen LogP) is 1.22. The molecule has 2 heterocycles. The number of aromatic nitrogens is 3. The maximum Gasteiger partial charge on any atom is 0.146 e. The van der Waals surface area contributed by atoms with Gasteiger partial charge in [0.15, 0.2) is 0 Å². The predicted molar refractivity (Wildman–Crippen MR) is 62.5 cm³/mol. The average molecular weight is 237 g/mol. The van der Waals surface area contributed by atoms with E-state index < -0.39 is 0 Å². The summed E-state index contributed by atoms with van der Waals surface area (Å²) in [6, 6.07) is 0. The summed E-state index contributed by atoms with van der Waals surface area (Å²) < 4.78 is 7.24. The van der Waals surface area contributed by atoms with E-state index in [1.807, 2.05) is 11.6 Å². The van der Waals surface area contributed by atoms with E-state index >= 15 is 0 Å². The Morgan fingerprint density at radius 2 is 2.47 bits per heavy atom. The number of nitrogens with zero attached hydrogens (tertiary/aromatic N) is 3. The summed E-state index contributed by atoms with van der Waals surface area (Å²) in [5.41, 5.74) is 0. The number of Topliss-reactive ketones (excluding diaryl/α,β-unsaturated/α-hetero) is 1.